The number of benzene rings is 3. The zero-order valence-electron chi connectivity index (χ0n) is 23.8. The Morgan fingerprint density at radius 2 is 1.86 bits per heavy atom. The Kier molecular flexibility index (Phi) is 7.22. The first-order chi connectivity index (χ1) is 20.2. The van der Waals surface area contributed by atoms with Gasteiger partial charge in [-0.15, -0.1) is 0 Å². The molecule has 216 valence electrons. The lowest BCUT2D eigenvalue weighted by Gasteiger charge is -2.19. The number of pyridine rings is 1. The zero-order chi connectivity index (χ0) is 29.5. The average Bonchev–Trinajstić information content (AvgIpc) is 3.54. The van der Waals surface area contributed by atoms with Crippen LogP contribution < -0.4 is 19.8 Å². The number of hydrogen-bond donors (Lipinski definition) is 1. The fourth-order valence-electron chi connectivity index (χ4n) is 6.18. The number of rotatable bonds is 8. The predicted molar refractivity (Wildman–Crippen MR) is 156 cm³/mol. The molecule has 4 aromatic rings. The van der Waals surface area contributed by atoms with Crippen molar-refractivity contribution in [2.75, 3.05) is 6.61 Å². The lowest BCUT2D eigenvalue weighted by atomic mass is 9.90. The van der Waals surface area contributed by atoms with Crippen LogP contribution in [-0.2, 0) is 24.9 Å². The third-order valence-electron chi connectivity index (χ3n) is 8.20. The molecule has 0 radical (unpaired) electrons. The van der Waals surface area contributed by atoms with Crippen LogP contribution in [0.1, 0.15) is 58.2 Å². The quantitative estimate of drug-likeness (QED) is 0.264. The predicted octanol–water partition coefficient (Wildman–Crippen LogP) is 6.40. The number of fused-ring (bicyclic) bond motifs is 2. The lowest BCUT2D eigenvalue weighted by molar-refractivity contribution is -0.137. The molecule has 0 saturated carbocycles. The van der Waals surface area contributed by atoms with Crippen molar-refractivity contribution in [1.29, 1.82) is 0 Å². The summed E-state index contributed by atoms with van der Waals surface area (Å²) in [7, 11) is 1.71. The second-order valence-corrected chi connectivity index (χ2v) is 11.1. The van der Waals surface area contributed by atoms with Gasteiger partial charge in [0.1, 0.15) is 35.8 Å². The van der Waals surface area contributed by atoms with Crippen molar-refractivity contribution in [2.45, 2.75) is 51.7 Å². The van der Waals surface area contributed by atoms with Crippen molar-refractivity contribution in [3.63, 3.8) is 0 Å². The highest BCUT2D eigenvalue weighted by Gasteiger charge is 2.32. The molecular weight excluding hydrogens is 537 g/mol. The largest absolute Gasteiger partial charge is 0.492 e. The summed E-state index contributed by atoms with van der Waals surface area (Å²) in [5.41, 5.74) is 7.15. The van der Waals surface area contributed by atoms with Gasteiger partial charge in [-0.25, -0.2) is 4.39 Å². The first kappa shape index (κ1) is 27.6. The number of nitrogens with zero attached hydrogens (tertiary/aromatic N) is 1. The molecule has 2 atom stereocenters. The number of aromatic nitrogens is 1. The van der Waals surface area contributed by atoms with Gasteiger partial charge in [-0.1, -0.05) is 12.1 Å². The Morgan fingerprint density at radius 1 is 1.07 bits per heavy atom. The van der Waals surface area contributed by atoms with E-state index in [4.69, 9.17) is 19.3 Å². The van der Waals surface area contributed by atoms with Crippen LogP contribution in [0.2, 0.25) is 0 Å². The van der Waals surface area contributed by atoms with Crippen molar-refractivity contribution in [2.24, 2.45) is 7.05 Å². The summed E-state index contributed by atoms with van der Waals surface area (Å²) in [5, 5.41) is 9.17. The van der Waals surface area contributed by atoms with Gasteiger partial charge in [0.15, 0.2) is 0 Å². The molecule has 0 unspecified atom stereocenters. The maximum absolute atomic E-state index is 15.3. The first-order valence-electron chi connectivity index (χ1n) is 14.0. The fourth-order valence-corrected chi connectivity index (χ4v) is 6.18. The van der Waals surface area contributed by atoms with Crippen LogP contribution in [0.25, 0.3) is 11.1 Å². The van der Waals surface area contributed by atoms with E-state index in [1.165, 1.54) is 10.6 Å². The third-order valence-corrected chi connectivity index (χ3v) is 8.20. The Labute approximate surface area is 243 Å². The van der Waals surface area contributed by atoms with E-state index in [0.29, 0.717) is 42.3 Å². The minimum atomic E-state index is -0.862. The van der Waals surface area contributed by atoms with Crippen molar-refractivity contribution in [3.8, 4) is 28.4 Å². The molecule has 42 heavy (non-hydrogen) atoms. The van der Waals surface area contributed by atoms with Gasteiger partial charge in [0.2, 0.25) is 0 Å². The second-order valence-electron chi connectivity index (χ2n) is 11.1. The highest BCUT2D eigenvalue weighted by molar-refractivity contribution is 5.76. The van der Waals surface area contributed by atoms with Gasteiger partial charge in [-0.3, -0.25) is 9.59 Å². The third kappa shape index (κ3) is 5.24. The molecule has 1 N–H and O–H groups in total. The second kappa shape index (κ2) is 11.0. The number of halogens is 1. The van der Waals surface area contributed by atoms with Crippen LogP contribution >= 0.6 is 0 Å². The van der Waals surface area contributed by atoms with E-state index in [-0.39, 0.29) is 30.3 Å². The van der Waals surface area contributed by atoms with Gasteiger partial charge in [-0.05, 0) is 90.4 Å². The van der Waals surface area contributed by atoms with Crippen molar-refractivity contribution in [3.05, 3.63) is 110 Å². The Hall–Kier alpha value is -4.59. The van der Waals surface area contributed by atoms with Crippen molar-refractivity contribution in [1.82, 2.24) is 4.57 Å². The number of hydrogen-bond acceptors (Lipinski definition) is 5. The SMILES string of the molecule is Cc1cc(OCc2ccn(C)c(=O)c2)cc(C)c1-c1ccc(F)c2c1CC[C@H]2Oc1ccc2c(c1)OC[C@H]2CC(=O)O. The van der Waals surface area contributed by atoms with Crippen LogP contribution in [-0.4, -0.2) is 22.2 Å². The van der Waals surface area contributed by atoms with E-state index in [0.717, 1.165) is 38.9 Å². The highest BCUT2D eigenvalue weighted by Crippen LogP contribution is 2.45. The Balaban J connectivity index is 1.24. The molecule has 8 heteroatoms. The Morgan fingerprint density at radius 3 is 2.60 bits per heavy atom. The van der Waals surface area contributed by atoms with Crippen molar-refractivity contribution < 1.29 is 28.5 Å². The van der Waals surface area contributed by atoms with Crippen LogP contribution in [0, 0.1) is 19.7 Å². The van der Waals surface area contributed by atoms with Gasteiger partial charge in [0.25, 0.3) is 5.56 Å². The first-order valence-corrected chi connectivity index (χ1v) is 14.0. The summed E-state index contributed by atoms with van der Waals surface area (Å²) >= 11 is 0. The molecular formula is C34H32FNO6. The Bertz CT molecular complexity index is 1740. The number of carbonyl (C=O) groups is 1. The molecule has 0 spiro atoms. The van der Waals surface area contributed by atoms with E-state index >= 15 is 4.39 Å². The molecule has 7 nitrogen and oxygen atoms in total. The fraction of sp³-hybridized carbons (Fsp3) is 0.294. The molecule has 0 amide bonds. The van der Waals surface area contributed by atoms with E-state index < -0.39 is 12.1 Å². The summed E-state index contributed by atoms with van der Waals surface area (Å²) in [4.78, 5) is 23.1. The molecule has 1 aliphatic carbocycles. The van der Waals surface area contributed by atoms with E-state index in [9.17, 15) is 9.59 Å². The maximum Gasteiger partial charge on any atom is 0.304 e. The monoisotopic (exact) mass is 569 g/mol. The molecule has 1 aliphatic heterocycles. The zero-order valence-corrected chi connectivity index (χ0v) is 23.8. The molecule has 0 bridgehead atoms. The maximum atomic E-state index is 15.3. The summed E-state index contributed by atoms with van der Waals surface area (Å²) in [5.74, 6) is 0.554. The molecule has 2 aliphatic rings. The average molecular weight is 570 g/mol. The van der Waals surface area contributed by atoms with Gasteiger partial charge in [0.05, 0.1) is 13.0 Å². The summed E-state index contributed by atoms with van der Waals surface area (Å²) in [6, 6.07) is 16.2. The van der Waals surface area contributed by atoms with Gasteiger partial charge in [-0.2, -0.15) is 0 Å². The summed E-state index contributed by atoms with van der Waals surface area (Å²) in [6.45, 7) is 4.65. The summed E-state index contributed by atoms with van der Waals surface area (Å²) in [6.07, 6.45) is 2.60. The van der Waals surface area contributed by atoms with E-state index in [1.54, 1.807) is 25.4 Å². The molecule has 1 aromatic heterocycles. The van der Waals surface area contributed by atoms with Crippen LogP contribution in [0.4, 0.5) is 4.39 Å². The minimum Gasteiger partial charge on any atom is -0.492 e. The van der Waals surface area contributed by atoms with Crippen LogP contribution in [0.5, 0.6) is 17.2 Å². The molecule has 3 aromatic carbocycles. The van der Waals surface area contributed by atoms with Gasteiger partial charge in [0, 0.05) is 42.4 Å². The van der Waals surface area contributed by atoms with Crippen LogP contribution in [0.3, 0.4) is 0 Å². The van der Waals surface area contributed by atoms with Crippen LogP contribution in [0.15, 0.2) is 65.6 Å². The molecule has 6 rings (SSSR count). The van der Waals surface area contributed by atoms with E-state index in [1.807, 2.05) is 50.2 Å². The van der Waals surface area contributed by atoms with Gasteiger partial charge >= 0.3 is 5.97 Å². The molecule has 0 saturated heterocycles. The number of carboxylic acid groups (broad SMARTS) is 1. The number of ether oxygens (including phenoxy) is 3. The molecule has 0 fully saturated rings. The van der Waals surface area contributed by atoms with Crippen molar-refractivity contribution >= 4 is 5.97 Å². The minimum absolute atomic E-state index is 0.0113. The number of aliphatic carboxylic acids is 1. The summed E-state index contributed by atoms with van der Waals surface area (Å²) < 4.78 is 34.9. The van der Waals surface area contributed by atoms with Gasteiger partial charge < -0.3 is 23.9 Å². The number of carboxylic acids is 1. The number of aryl methyl sites for hydroxylation is 3. The van der Waals surface area contributed by atoms with E-state index in [2.05, 4.69) is 0 Å². The topological polar surface area (TPSA) is 87.0 Å². The highest BCUT2D eigenvalue weighted by atomic mass is 19.1. The molecule has 2 heterocycles. The standard InChI is InChI=1S/C34H32FNO6/c1-19-12-24(40-17-21-10-11-36(3)31(37)14-21)13-20(2)33(19)26-6-8-28(35)34-27(26)7-9-29(34)42-23-4-5-25-22(15-32(38)39)18-41-30(25)16-23/h4-6,8,10-14,16,22,29H,7,9,15,17-18H2,1-3H3,(H,38,39)/t22-,29-/m1/s1. The normalized spacial score (nSPS) is 17.0. The lowest BCUT2D eigenvalue weighted by Crippen LogP contribution is -2.15. The smallest absolute Gasteiger partial charge is 0.304 e.